The minimum Gasteiger partial charge on any atom is -0.495 e. The Morgan fingerprint density at radius 2 is 0.759 bits per heavy atom. The molecule has 3 saturated heterocycles. The molecule has 1 atom stereocenters. The van der Waals surface area contributed by atoms with Crippen LogP contribution in [0.25, 0.3) is 0 Å². The molecule has 3 aliphatic rings. The molecule has 4 amide bonds. The second kappa shape index (κ2) is 46.2. The summed E-state index contributed by atoms with van der Waals surface area (Å²) in [5.74, 6) is -0.311. The number of anilines is 9. The van der Waals surface area contributed by atoms with Crippen LogP contribution in [0.4, 0.5) is 91.5 Å². The Morgan fingerprint density at radius 3 is 1.04 bits per heavy atom. The predicted molar refractivity (Wildman–Crippen MR) is 529 cm³/mol. The number of rotatable bonds is 31. The van der Waals surface area contributed by atoms with Crippen LogP contribution in [-0.4, -0.2) is 223 Å². The highest BCUT2D eigenvalue weighted by Gasteiger charge is 2.45. The van der Waals surface area contributed by atoms with Gasteiger partial charge in [-0.15, -0.1) is 0 Å². The van der Waals surface area contributed by atoms with Gasteiger partial charge >= 0.3 is 18.5 Å². The Hall–Kier alpha value is -12.2. The van der Waals surface area contributed by atoms with Crippen LogP contribution in [0.3, 0.4) is 0 Å². The van der Waals surface area contributed by atoms with Crippen molar-refractivity contribution in [3.63, 3.8) is 0 Å². The molecule has 0 aliphatic carbocycles. The van der Waals surface area contributed by atoms with Gasteiger partial charge in [-0.05, 0) is 259 Å². The molecule has 0 radical (unpaired) electrons. The van der Waals surface area contributed by atoms with Gasteiger partial charge in [0.25, 0.3) is 17.7 Å². The third-order valence-corrected chi connectivity index (χ3v) is 28.8. The number of sulfonamides is 3. The molecule has 0 bridgehead atoms. The van der Waals surface area contributed by atoms with Crippen molar-refractivity contribution in [3.8, 4) is 17.2 Å². The summed E-state index contributed by atoms with van der Waals surface area (Å²) >= 11 is 0. The lowest BCUT2D eigenvalue weighted by Gasteiger charge is -2.53. The quantitative estimate of drug-likeness (QED) is 0.0220. The zero-order valence-electron chi connectivity index (χ0n) is 82.0. The van der Waals surface area contributed by atoms with Crippen LogP contribution >= 0.6 is 0 Å². The first-order valence-electron chi connectivity index (χ1n) is 45.2. The van der Waals surface area contributed by atoms with Crippen molar-refractivity contribution in [1.29, 1.82) is 0 Å². The van der Waals surface area contributed by atoms with Crippen molar-refractivity contribution in [3.05, 3.63) is 212 Å². The van der Waals surface area contributed by atoms with Crippen molar-refractivity contribution in [2.24, 2.45) is 0 Å². The number of likely N-dealkylation sites (tertiary alicyclic amines) is 3. The molecule has 9 aromatic rings. The molecule has 31 nitrogen and oxygen atoms in total. The summed E-state index contributed by atoms with van der Waals surface area (Å²) in [4.78, 5) is 81.6. The summed E-state index contributed by atoms with van der Waals surface area (Å²) in [5, 5.41) is 18.0. The van der Waals surface area contributed by atoms with Crippen LogP contribution in [0, 0.1) is 20.8 Å². The van der Waals surface area contributed by atoms with Gasteiger partial charge in [-0.3, -0.25) is 41.9 Å². The molecule has 0 saturated carbocycles. The number of carbonyl (C=O) groups excluding carboxylic acids is 4. The molecule has 6 aromatic carbocycles. The van der Waals surface area contributed by atoms with E-state index in [0.29, 0.717) is 111 Å². The van der Waals surface area contributed by atoms with E-state index in [1.54, 1.807) is 129 Å². The first kappa shape index (κ1) is 112. The van der Waals surface area contributed by atoms with Crippen molar-refractivity contribution in [1.82, 2.24) is 60.6 Å². The lowest BCUT2D eigenvalue weighted by atomic mass is 9.77. The van der Waals surface area contributed by atoms with Crippen LogP contribution < -0.4 is 59.0 Å². The van der Waals surface area contributed by atoms with Crippen molar-refractivity contribution < 1.29 is 98.2 Å². The van der Waals surface area contributed by atoms with E-state index in [-0.39, 0.29) is 145 Å². The van der Waals surface area contributed by atoms with Gasteiger partial charge in [0.1, 0.15) is 17.2 Å². The van der Waals surface area contributed by atoms with Crippen molar-refractivity contribution in [2.75, 3.05) is 123 Å². The van der Waals surface area contributed by atoms with Crippen molar-refractivity contribution in [2.45, 2.75) is 207 Å². The second-order valence-corrected chi connectivity index (χ2v) is 42.8. The van der Waals surface area contributed by atoms with Crippen LogP contribution in [0.15, 0.2) is 128 Å². The van der Waals surface area contributed by atoms with Gasteiger partial charge in [-0.2, -0.15) is 39.5 Å². The van der Waals surface area contributed by atoms with E-state index < -0.39 is 65.3 Å². The highest BCUT2D eigenvalue weighted by atomic mass is 32.2. The van der Waals surface area contributed by atoms with E-state index in [2.05, 4.69) is 120 Å². The standard InChI is InChI=1S/C34H45F3N6O4S.C32H41F3N6O4S.C31H37F3N6O5S.CH4/c1-21-10-11-22(28(16-21)42(6)48(9,45)46)12-14-26-25(34(35,36)37)20-38-31(40-26)41-27-15-13-23(17-29(27)47-8)30(44)39-24-18-32(2,3)43(7)33(4,5)19-24;1-20(2)41-15-7-8-24(19-41)37-30(42)23-12-14-27(29(17-23)45-5)39-31-36-18-25(32(33,34)35)26(38-31)13-11-22-10-9-21(3)16-28(22)40(4)46(6,43)44;1-19-6-7-21(27(16-19)39(3)46(5,43)44)8-10-25-24(31(32,33)34)18-35-30(37-25)38-26-11-9-22(17-28(26)45-4)29(42)36-23-12-14-40(15-13-23)20(2)41;/h10-11,13,15-17,20,24H,12,14,18-19H2,1-9H3,(H,39,44)(H,38,40,41);9-10,12,14,16-18,20,24H,7-8,11,13,15,19H2,1-6H3,(H,37,42)(H,36,38,39);6-7,9,11,16-18,23H,8,10,12-15H2,1-5H3,(H,36,42)(H,35,37,38);1H4/t;24-;;/m.1../s1. The van der Waals surface area contributed by atoms with Gasteiger partial charge in [0.2, 0.25) is 53.8 Å². The van der Waals surface area contributed by atoms with Gasteiger partial charge in [0.05, 0.1) is 108 Å². The van der Waals surface area contributed by atoms with Crippen LogP contribution in [0.5, 0.6) is 17.2 Å². The molecule has 0 unspecified atom stereocenters. The molecule has 12 rings (SSSR count). The number of aromatic nitrogens is 6. The van der Waals surface area contributed by atoms with E-state index in [0.717, 1.165) is 99.5 Å². The molecule has 0 spiro atoms. The molecule has 141 heavy (non-hydrogen) atoms. The van der Waals surface area contributed by atoms with E-state index >= 15 is 0 Å². The Morgan fingerprint density at radius 1 is 0.454 bits per heavy atom. The van der Waals surface area contributed by atoms with E-state index in [1.807, 2.05) is 0 Å². The molecule has 768 valence electrons. The monoisotopic (exact) mass is 2030 g/mol. The average molecular weight is 2030 g/mol. The average Bonchev–Trinajstić information content (AvgIpc) is 0.773. The minimum absolute atomic E-state index is 0. The van der Waals surface area contributed by atoms with Gasteiger partial charge in [-0.25, -0.2) is 55.2 Å². The maximum Gasteiger partial charge on any atom is 0.419 e. The molecule has 3 aromatic heterocycles. The third-order valence-electron chi connectivity index (χ3n) is 25.2. The number of nitrogens with one attached hydrogen (secondary N) is 6. The molecular formula is C98H127F9N18O13S3. The third kappa shape index (κ3) is 30.0. The first-order valence-corrected chi connectivity index (χ1v) is 50.7. The highest BCUT2D eigenvalue weighted by molar-refractivity contribution is 7.92. The summed E-state index contributed by atoms with van der Waals surface area (Å²) in [6.45, 7) is 22.7. The highest BCUT2D eigenvalue weighted by Crippen LogP contribution is 2.42. The van der Waals surface area contributed by atoms with Crippen LogP contribution in [0.2, 0.25) is 0 Å². The summed E-state index contributed by atoms with van der Waals surface area (Å²) in [5.41, 5.74) is 3.35. The van der Waals surface area contributed by atoms with Gasteiger partial charge in [0.15, 0.2) is 0 Å². The van der Waals surface area contributed by atoms with Crippen LogP contribution in [-0.2, 0) is 91.9 Å². The molecule has 6 heterocycles. The Balaban J connectivity index is 0.000000235. The van der Waals surface area contributed by atoms with Crippen molar-refractivity contribution >= 4 is 106 Å². The molecular weight excluding hydrogens is 1900 g/mol. The van der Waals surface area contributed by atoms with Gasteiger partial charge in [-0.1, -0.05) is 43.8 Å². The second-order valence-electron chi connectivity index (χ2n) is 36.8. The molecule has 43 heteroatoms. The van der Waals surface area contributed by atoms with Crippen LogP contribution in [0.1, 0.15) is 193 Å². The number of hydrogen-bond donors (Lipinski definition) is 6. The number of carbonyl (C=O) groups is 4. The number of aryl methyl sites for hydroxylation is 9. The number of benzene rings is 6. The Bertz CT molecular complexity index is 6330. The topological polar surface area (TPSA) is 367 Å². The zero-order valence-corrected chi connectivity index (χ0v) is 84.5. The molecule has 3 fully saturated rings. The number of piperidine rings is 3. The number of amides is 4. The fourth-order valence-electron chi connectivity index (χ4n) is 16.9. The Kier molecular flexibility index (Phi) is 36.8. The summed E-state index contributed by atoms with van der Waals surface area (Å²) in [7, 11) is -0.277. The SMILES string of the molecule is C.COc1cc(C(=O)NC2CC(C)(C)N(C)C(C)(C)C2)ccc1Nc1ncc(C(F)(F)F)c(CCc2ccc(C)cc2N(C)S(C)(=O)=O)n1.COc1cc(C(=O)NC2CCN(C(C)=O)CC2)ccc1Nc1ncc(C(F)(F)F)c(CCc2ccc(C)cc2N(C)S(C)(=O)=O)n1.COc1cc(C(=O)N[C@@H]2CCCN(C(C)C)C2)ccc1Nc1ncc(C(F)(F)F)c(CCc2ccc(C)cc2N(C)S(C)(=O)=O)n1. The molecule has 3 aliphatic heterocycles. The number of halogens is 9. The van der Waals surface area contributed by atoms with Gasteiger partial charge in [0, 0.05) is 118 Å². The maximum absolute atomic E-state index is 14.0. The van der Waals surface area contributed by atoms with E-state index in [1.165, 1.54) is 55.5 Å². The number of alkyl halides is 9. The lowest BCUT2D eigenvalue weighted by molar-refractivity contribution is -0.139. The summed E-state index contributed by atoms with van der Waals surface area (Å²) in [6, 6.07) is 29.8. The molecule has 6 N–H and O–H groups in total. The fourth-order valence-corrected chi connectivity index (χ4v) is 18.5. The zero-order chi connectivity index (χ0) is 103. The van der Waals surface area contributed by atoms with E-state index in [4.69, 9.17) is 14.2 Å². The summed E-state index contributed by atoms with van der Waals surface area (Å²) < 4.78 is 219. The smallest absolute Gasteiger partial charge is 0.419 e. The Labute approximate surface area is 819 Å². The number of ether oxygens (including phenoxy) is 3. The fraction of sp³-hybridized carbons (Fsp3) is 0.469. The summed E-state index contributed by atoms with van der Waals surface area (Å²) in [6.07, 6.45) is -4.25. The normalized spacial score (nSPS) is 15.5. The number of hydrogen-bond acceptors (Lipinski definition) is 24. The largest absolute Gasteiger partial charge is 0.495 e. The number of methoxy groups -OCH3 is 3. The van der Waals surface area contributed by atoms with Gasteiger partial charge < -0.3 is 51.0 Å². The first-order chi connectivity index (χ1) is 65.2. The minimum atomic E-state index is -4.72. The predicted octanol–water partition coefficient (Wildman–Crippen LogP) is 16.6. The van der Waals surface area contributed by atoms with E-state index in [9.17, 15) is 83.9 Å². The maximum atomic E-state index is 14.0. The number of nitrogens with zero attached hydrogens (tertiary/aromatic N) is 12. The lowest BCUT2D eigenvalue weighted by Crippen LogP contribution is -2.62.